The van der Waals surface area contributed by atoms with E-state index in [-0.39, 0.29) is 80.4 Å². The van der Waals surface area contributed by atoms with Crippen molar-refractivity contribution in [1.82, 2.24) is 5.32 Å². The van der Waals surface area contributed by atoms with Crippen LogP contribution in [0.5, 0.6) is 0 Å². The normalized spacial score (nSPS) is 36.8. The van der Waals surface area contributed by atoms with E-state index in [0.717, 1.165) is 44.9 Å². The van der Waals surface area contributed by atoms with E-state index in [1.807, 2.05) is 6.08 Å². The predicted octanol–water partition coefficient (Wildman–Crippen LogP) is 1.86. The molecule has 0 radical (unpaired) electrons. The highest BCUT2D eigenvalue weighted by Gasteiger charge is 2.60. The molecule has 0 bridgehead atoms. The highest BCUT2D eigenvalue weighted by molar-refractivity contribution is 5.91. The molecule has 10 unspecified atom stereocenters. The molecule has 0 spiro atoms. The number of ether oxygens (including phenoxy) is 4. The van der Waals surface area contributed by atoms with Crippen molar-refractivity contribution in [1.29, 1.82) is 0 Å². The van der Waals surface area contributed by atoms with Crippen LogP contribution in [0.2, 0.25) is 0 Å². The van der Waals surface area contributed by atoms with Crippen LogP contribution in [0, 0.1) is 34.5 Å². The van der Waals surface area contributed by atoms with Crippen LogP contribution < -0.4 is 16.8 Å². The smallest absolute Gasteiger partial charge is 0.332 e. The summed E-state index contributed by atoms with van der Waals surface area (Å²) < 4.78 is 22.3. The maximum absolute atomic E-state index is 12.7. The summed E-state index contributed by atoms with van der Waals surface area (Å²) in [6.07, 6.45) is 7.96. The van der Waals surface area contributed by atoms with Gasteiger partial charge in [-0.1, -0.05) is 19.4 Å². The Balaban J connectivity index is 0.919. The molecule has 0 aromatic carbocycles. The molecular weight excluding hydrogens is 634 g/mol. The Bertz CT molecular complexity index is 1290. The number of rotatable bonds is 14. The second-order valence-corrected chi connectivity index (χ2v) is 15.3. The monoisotopic (exact) mass is 689 g/mol. The molecule has 274 valence electrons. The number of aliphatic hydroxyl groups is 1. The van der Waals surface area contributed by atoms with Crippen LogP contribution in [-0.2, 0) is 42.9 Å². The van der Waals surface area contributed by atoms with Gasteiger partial charge in [0.05, 0.1) is 32.3 Å². The van der Waals surface area contributed by atoms with Crippen molar-refractivity contribution in [3.63, 3.8) is 0 Å². The van der Waals surface area contributed by atoms with Gasteiger partial charge < -0.3 is 40.8 Å². The molecule has 5 aliphatic rings. The Hall–Kier alpha value is -2.87. The van der Waals surface area contributed by atoms with E-state index in [9.17, 15) is 29.1 Å². The number of carbonyl (C=O) groups is 5. The molecule has 6 N–H and O–H groups in total. The highest BCUT2D eigenvalue weighted by Crippen LogP contribution is 2.65. The Morgan fingerprint density at radius 3 is 2.45 bits per heavy atom. The Morgan fingerprint density at radius 2 is 1.67 bits per heavy atom. The number of allylic oxidation sites excluding steroid dienone is 1. The number of primary amides is 1. The van der Waals surface area contributed by atoms with E-state index in [1.165, 1.54) is 5.57 Å². The number of hydrogen-bond acceptors (Lipinski definition) is 11. The second-order valence-electron chi connectivity index (χ2n) is 15.3. The van der Waals surface area contributed by atoms with Crippen LogP contribution in [0.1, 0.15) is 90.9 Å². The van der Waals surface area contributed by atoms with Gasteiger partial charge in [0.15, 0.2) is 5.78 Å². The first-order chi connectivity index (χ1) is 23.3. The van der Waals surface area contributed by atoms with Crippen molar-refractivity contribution in [2.24, 2.45) is 46.0 Å². The summed E-state index contributed by atoms with van der Waals surface area (Å²) in [6, 6.07) is -0.618. The van der Waals surface area contributed by atoms with E-state index in [1.54, 1.807) is 0 Å². The molecule has 4 fully saturated rings. The first-order valence-electron chi connectivity index (χ1n) is 18.1. The summed E-state index contributed by atoms with van der Waals surface area (Å²) in [6.45, 7) is 5.42. The van der Waals surface area contributed by atoms with Gasteiger partial charge in [-0.25, -0.2) is 4.79 Å². The summed E-state index contributed by atoms with van der Waals surface area (Å²) in [5.74, 6) is -1.26. The number of fused-ring (bicyclic) bond motifs is 5. The standard InChI is InChI=1S/C36H55N3O10/c1-35-13-11-22(40)19-21(35)3-4-23-24-5-8-28(36(24,2)14-12-25(23)35)49-31(43)20-47-18-17-46-16-15-39-29(41)9-10-30(42)48-27-7-6-26(37)33(44)32(27)34(38)45/h19,23-28,32-33,44H,3-18,20,37H2,1-2H3,(H2,38,45)(H,39,41). The number of nitrogens with two attached hydrogens (primary N) is 2. The first kappa shape index (κ1) is 37.4. The molecule has 2 amide bonds. The van der Waals surface area contributed by atoms with Crippen LogP contribution in [0.3, 0.4) is 0 Å². The third-order valence-electron chi connectivity index (χ3n) is 12.5. The SMILES string of the molecule is CC12CCC(=O)C=C1CCC1C2CCC2(C)C(OC(=O)COCCOCCNC(=O)CCC(=O)OC3CCC(N)C(O)C3C(N)=O)CCC12. The lowest BCUT2D eigenvalue weighted by atomic mass is 9.47. The largest absolute Gasteiger partial charge is 0.461 e. The van der Waals surface area contributed by atoms with Crippen molar-refractivity contribution in [2.75, 3.05) is 33.0 Å². The number of hydrogen-bond donors (Lipinski definition) is 4. The Kier molecular flexibility index (Phi) is 12.2. The summed E-state index contributed by atoms with van der Waals surface area (Å²) in [5, 5.41) is 12.8. The maximum Gasteiger partial charge on any atom is 0.332 e. The van der Waals surface area contributed by atoms with Gasteiger partial charge in [-0.3, -0.25) is 19.2 Å². The third-order valence-corrected chi connectivity index (χ3v) is 12.5. The molecule has 13 heteroatoms. The van der Waals surface area contributed by atoms with Gasteiger partial charge in [0.2, 0.25) is 11.8 Å². The van der Waals surface area contributed by atoms with Gasteiger partial charge >= 0.3 is 11.9 Å². The topological polar surface area (TPSA) is 207 Å². The number of nitrogens with one attached hydrogen (secondary N) is 1. The molecule has 0 aromatic rings. The molecule has 5 aliphatic carbocycles. The minimum absolute atomic E-state index is 0.0334. The van der Waals surface area contributed by atoms with E-state index in [4.69, 9.17) is 30.4 Å². The van der Waals surface area contributed by atoms with Crippen molar-refractivity contribution in [2.45, 2.75) is 115 Å². The molecule has 5 rings (SSSR count). The minimum atomic E-state index is -1.19. The van der Waals surface area contributed by atoms with E-state index < -0.39 is 36.0 Å². The summed E-state index contributed by atoms with van der Waals surface area (Å²) >= 11 is 0. The zero-order valence-corrected chi connectivity index (χ0v) is 29.0. The lowest BCUT2D eigenvalue weighted by molar-refractivity contribution is -0.165. The van der Waals surface area contributed by atoms with Crippen LogP contribution in [-0.4, -0.2) is 92.0 Å². The number of carbonyl (C=O) groups excluding carboxylic acids is 5. The highest BCUT2D eigenvalue weighted by atomic mass is 16.6. The lowest BCUT2D eigenvalue weighted by Gasteiger charge is -2.57. The van der Waals surface area contributed by atoms with Gasteiger partial charge in [-0.05, 0) is 87.0 Å². The summed E-state index contributed by atoms with van der Waals surface area (Å²) in [7, 11) is 0. The molecule has 0 saturated heterocycles. The van der Waals surface area contributed by atoms with Gasteiger partial charge in [-0.2, -0.15) is 0 Å². The fraction of sp³-hybridized carbons (Fsp3) is 0.806. The fourth-order valence-corrected chi connectivity index (χ4v) is 9.74. The Labute approximate surface area is 288 Å². The Morgan fingerprint density at radius 1 is 0.898 bits per heavy atom. The maximum atomic E-state index is 12.7. The second kappa shape index (κ2) is 16.0. The molecule has 10 atom stereocenters. The molecule has 4 saturated carbocycles. The predicted molar refractivity (Wildman–Crippen MR) is 176 cm³/mol. The average molecular weight is 690 g/mol. The number of aliphatic hydroxyl groups excluding tert-OH is 1. The third kappa shape index (κ3) is 8.37. The van der Waals surface area contributed by atoms with Gasteiger partial charge in [0.25, 0.3) is 0 Å². The van der Waals surface area contributed by atoms with Crippen LogP contribution in [0.15, 0.2) is 11.6 Å². The number of esters is 2. The van der Waals surface area contributed by atoms with E-state index >= 15 is 0 Å². The van der Waals surface area contributed by atoms with Crippen molar-refractivity contribution >= 4 is 29.5 Å². The zero-order valence-electron chi connectivity index (χ0n) is 29.0. The first-order valence-corrected chi connectivity index (χ1v) is 18.1. The molecule has 0 aliphatic heterocycles. The molecule has 0 aromatic heterocycles. The van der Waals surface area contributed by atoms with Gasteiger partial charge in [0, 0.05) is 30.8 Å². The average Bonchev–Trinajstić information content (AvgIpc) is 3.38. The quantitative estimate of drug-likeness (QED) is 0.153. The lowest BCUT2D eigenvalue weighted by Crippen LogP contribution is -2.55. The summed E-state index contributed by atoms with van der Waals surface area (Å²) in [4.78, 5) is 60.9. The zero-order chi connectivity index (χ0) is 35.3. The van der Waals surface area contributed by atoms with Crippen molar-refractivity contribution in [3.05, 3.63) is 11.6 Å². The molecule has 49 heavy (non-hydrogen) atoms. The van der Waals surface area contributed by atoms with Gasteiger partial charge in [0.1, 0.15) is 24.7 Å². The van der Waals surface area contributed by atoms with E-state index in [2.05, 4.69) is 19.2 Å². The van der Waals surface area contributed by atoms with Crippen LogP contribution >= 0.6 is 0 Å². The van der Waals surface area contributed by atoms with Crippen molar-refractivity contribution < 1.29 is 48.0 Å². The van der Waals surface area contributed by atoms with Gasteiger partial charge in [-0.15, -0.1) is 0 Å². The molecular formula is C36H55N3O10. The minimum Gasteiger partial charge on any atom is -0.461 e. The van der Waals surface area contributed by atoms with Crippen LogP contribution in [0.4, 0.5) is 0 Å². The molecule has 0 heterocycles. The molecule has 13 nitrogen and oxygen atoms in total. The van der Waals surface area contributed by atoms with E-state index in [0.29, 0.717) is 37.0 Å². The van der Waals surface area contributed by atoms with Crippen LogP contribution in [0.25, 0.3) is 0 Å². The number of amides is 2. The van der Waals surface area contributed by atoms with Crippen molar-refractivity contribution in [3.8, 4) is 0 Å². The fourth-order valence-electron chi connectivity index (χ4n) is 9.74. The summed E-state index contributed by atoms with van der Waals surface area (Å²) in [5.41, 5.74) is 12.6. The number of ketones is 1.